The van der Waals surface area contributed by atoms with Crippen molar-refractivity contribution in [1.29, 1.82) is 0 Å². The van der Waals surface area contributed by atoms with Gasteiger partial charge in [-0.2, -0.15) is 8.42 Å². The van der Waals surface area contributed by atoms with E-state index < -0.39 is 22.5 Å². The van der Waals surface area contributed by atoms with Crippen LogP contribution in [0.4, 0.5) is 0 Å². The van der Waals surface area contributed by atoms with Crippen LogP contribution < -0.4 is 5.73 Å². The van der Waals surface area contributed by atoms with Crippen molar-refractivity contribution in [1.82, 2.24) is 0 Å². The van der Waals surface area contributed by atoms with E-state index >= 15 is 0 Å². The van der Waals surface area contributed by atoms with Gasteiger partial charge in [0.05, 0.1) is 19.1 Å². The van der Waals surface area contributed by atoms with E-state index in [1.807, 2.05) is 0 Å². The number of hydrogen-bond donors (Lipinski definition) is 4. The summed E-state index contributed by atoms with van der Waals surface area (Å²) in [6, 6.07) is 0. The highest BCUT2D eigenvalue weighted by atomic mass is 32.2. The van der Waals surface area contributed by atoms with E-state index in [4.69, 9.17) is 14.8 Å². The third-order valence-electron chi connectivity index (χ3n) is 0.349. The topological polar surface area (TPSA) is 121 Å². The second-order valence-electron chi connectivity index (χ2n) is 1.19. The molecular formula is C3H11NO5S. The third-order valence-corrected chi connectivity index (χ3v) is 1.05. The first-order valence-electron chi connectivity index (χ1n) is 2.35. The highest BCUT2D eigenvalue weighted by Crippen LogP contribution is 1.75. The molecule has 0 saturated heterocycles. The first-order valence-corrected chi connectivity index (χ1v) is 3.95. The van der Waals surface area contributed by atoms with Crippen LogP contribution in [0.3, 0.4) is 0 Å². The van der Waals surface area contributed by atoms with Crippen molar-refractivity contribution in [3.05, 3.63) is 0 Å². The molecule has 0 atom stereocenters. The molecule has 5 N–H and O–H groups in total. The highest BCUT2D eigenvalue weighted by Gasteiger charge is 1.99. The molecule has 0 aromatic carbocycles. The van der Waals surface area contributed by atoms with Gasteiger partial charge in [-0.15, -0.1) is 0 Å². The van der Waals surface area contributed by atoms with Gasteiger partial charge in [0.1, 0.15) is 0 Å². The molecule has 0 aliphatic heterocycles. The standard InChI is InChI=1S/C2H6O4S.CH5NO/c3-1-2-7(4,5)6;2-1-3/h3H,1-2H2,(H,4,5,6);3H,1-2H2. The molecule has 0 aromatic heterocycles. The van der Waals surface area contributed by atoms with Gasteiger partial charge >= 0.3 is 0 Å². The minimum Gasteiger partial charge on any atom is -0.395 e. The van der Waals surface area contributed by atoms with Gasteiger partial charge < -0.3 is 15.9 Å². The van der Waals surface area contributed by atoms with Crippen LogP contribution in [0, 0.1) is 0 Å². The zero-order valence-corrected chi connectivity index (χ0v) is 6.08. The smallest absolute Gasteiger partial charge is 0.267 e. The first-order chi connectivity index (χ1) is 4.47. The molecule has 0 rings (SSSR count). The van der Waals surface area contributed by atoms with Crippen LogP contribution >= 0.6 is 0 Å². The SMILES string of the molecule is NCO.O=S(=O)(O)CCO. The van der Waals surface area contributed by atoms with Gasteiger partial charge in [-0.05, 0) is 0 Å². The summed E-state index contributed by atoms with van der Waals surface area (Å²) in [5.74, 6) is -0.576. The Hall–Kier alpha value is -0.210. The molecule has 0 spiro atoms. The lowest BCUT2D eigenvalue weighted by atomic mass is 10.9. The summed E-state index contributed by atoms with van der Waals surface area (Å²) < 4.78 is 27.1. The lowest BCUT2D eigenvalue weighted by molar-refractivity contribution is 0.307. The average molecular weight is 173 g/mol. The molecule has 0 aliphatic rings. The van der Waals surface area contributed by atoms with E-state index in [0.29, 0.717) is 0 Å². The zero-order valence-electron chi connectivity index (χ0n) is 5.27. The molecule has 0 saturated carbocycles. The largest absolute Gasteiger partial charge is 0.395 e. The molecule has 0 amide bonds. The summed E-state index contributed by atoms with van der Waals surface area (Å²) in [4.78, 5) is 0. The van der Waals surface area contributed by atoms with Gasteiger partial charge in [-0.1, -0.05) is 0 Å². The number of nitrogens with two attached hydrogens (primary N) is 1. The van der Waals surface area contributed by atoms with Crippen molar-refractivity contribution >= 4 is 10.1 Å². The summed E-state index contributed by atoms with van der Waals surface area (Å²) in [5.41, 5.74) is 4.40. The van der Waals surface area contributed by atoms with Crippen molar-refractivity contribution < 1.29 is 23.2 Å². The normalized spacial score (nSPS) is 10.0. The van der Waals surface area contributed by atoms with E-state index in [2.05, 4.69) is 5.73 Å². The van der Waals surface area contributed by atoms with Gasteiger partial charge in [0.25, 0.3) is 10.1 Å². The van der Waals surface area contributed by atoms with E-state index in [9.17, 15) is 8.42 Å². The predicted molar refractivity (Wildman–Crippen MR) is 34.8 cm³/mol. The van der Waals surface area contributed by atoms with Crippen molar-refractivity contribution in [2.24, 2.45) is 5.73 Å². The van der Waals surface area contributed by atoms with E-state index in [-0.39, 0.29) is 6.73 Å². The van der Waals surface area contributed by atoms with Crippen molar-refractivity contribution in [2.45, 2.75) is 0 Å². The fourth-order valence-corrected chi connectivity index (χ4v) is 0.346. The Morgan fingerprint density at radius 3 is 1.60 bits per heavy atom. The molecule has 7 heteroatoms. The lowest BCUT2D eigenvalue weighted by Crippen LogP contribution is -2.06. The van der Waals surface area contributed by atoms with Crippen molar-refractivity contribution in [3.63, 3.8) is 0 Å². The zero-order chi connectivity index (χ0) is 8.62. The Labute approximate surface area is 59.0 Å². The molecule has 10 heavy (non-hydrogen) atoms. The van der Waals surface area contributed by atoms with Crippen LogP contribution in [0.25, 0.3) is 0 Å². The summed E-state index contributed by atoms with van der Waals surface area (Å²) >= 11 is 0. The molecule has 0 heterocycles. The average Bonchev–Trinajstić information content (AvgIpc) is 1.63. The van der Waals surface area contributed by atoms with E-state index in [1.54, 1.807) is 0 Å². The second-order valence-corrected chi connectivity index (χ2v) is 2.76. The molecule has 0 bridgehead atoms. The predicted octanol–water partition coefficient (Wildman–Crippen LogP) is -2.24. The molecule has 6 nitrogen and oxygen atoms in total. The highest BCUT2D eigenvalue weighted by molar-refractivity contribution is 7.85. The minimum atomic E-state index is -3.92. The maximum absolute atomic E-state index is 9.63. The maximum atomic E-state index is 9.63. The van der Waals surface area contributed by atoms with E-state index in [1.165, 1.54) is 0 Å². The minimum absolute atomic E-state index is 0.250. The van der Waals surface area contributed by atoms with Gasteiger partial charge in [0.15, 0.2) is 0 Å². The number of aliphatic hydroxyl groups excluding tert-OH is 2. The van der Waals surface area contributed by atoms with Crippen LogP contribution in [-0.2, 0) is 10.1 Å². The Bertz CT molecular complexity index is 141. The Morgan fingerprint density at radius 2 is 1.60 bits per heavy atom. The molecular weight excluding hydrogens is 162 g/mol. The van der Waals surface area contributed by atoms with Crippen LogP contribution in [0.1, 0.15) is 0 Å². The van der Waals surface area contributed by atoms with Gasteiger partial charge in [0.2, 0.25) is 0 Å². The maximum Gasteiger partial charge on any atom is 0.267 e. The fraction of sp³-hybridized carbons (Fsp3) is 1.00. The Morgan fingerprint density at radius 1 is 1.30 bits per heavy atom. The number of aliphatic hydroxyl groups is 2. The summed E-state index contributed by atoms with van der Waals surface area (Å²) in [6.07, 6.45) is 0. The quantitative estimate of drug-likeness (QED) is 0.277. The molecule has 0 fully saturated rings. The summed E-state index contributed by atoms with van der Waals surface area (Å²) in [6.45, 7) is -0.779. The van der Waals surface area contributed by atoms with Gasteiger partial charge in [-0.3, -0.25) is 4.55 Å². The van der Waals surface area contributed by atoms with Crippen molar-refractivity contribution in [3.8, 4) is 0 Å². The lowest BCUT2D eigenvalue weighted by Gasteiger charge is -1.85. The molecule has 64 valence electrons. The molecule has 0 aliphatic carbocycles. The first kappa shape index (κ1) is 12.5. The van der Waals surface area contributed by atoms with Gasteiger partial charge in [-0.25, -0.2) is 0 Å². The Balaban J connectivity index is 0. The fourth-order valence-electron chi connectivity index (χ4n) is 0.115. The monoisotopic (exact) mass is 173 g/mol. The molecule has 0 aromatic rings. The van der Waals surface area contributed by atoms with Crippen LogP contribution in [0.15, 0.2) is 0 Å². The Kier molecular flexibility index (Phi) is 8.61. The van der Waals surface area contributed by atoms with Crippen LogP contribution in [0.2, 0.25) is 0 Å². The number of hydrogen-bond acceptors (Lipinski definition) is 5. The molecule has 0 radical (unpaired) electrons. The third kappa shape index (κ3) is 25.0. The number of rotatable bonds is 2. The van der Waals surface area contributed by atoms with Gasteiger partial charge in [0, 0.05) is 0 Å². The van der Waals surface area contributed by atoms with Crippen LogP contribution in [-0.4, -0.2) is 42.3 Å². The van der Waals surface area contributed by atoms with Crippen LogP contribution in [0.5, 0.6) is 0 Å². The summed E-state index contributed by atoms with van der Waals surface area (Å²) in [5, 5.41) is 15.2. The van der Waals surface area contributed by atoms with E-state index in [0.717, 1.165) is 0 Å². The van der Waals surface area contributed by atoms with Crippen molar-refractivity contribution in [2.75, 3.05) is 19.1 Å². The second kappa shape index (κ2) is 6.90. The molecule has 0 unspecified atom stereocenters. The summed E-state index contributed by atoms with van der Waals surface area (Å²) in [7, 11) is -3.92.